The first-order chi connectivity index (χ1) is 15.3. The SMILES string of the molecule is COC(=O)C1(N(OC2CCCCO2)C(=O)Cc2c(C)cc(C)cc2C)CCN(OC)CC1. The fourth-order valence-corrected chi connectivity index (χ4v) is 4.74. The minimum absolute atomic E-state index is 0.136. The van der Waals surface area contributed by atoms with Gasteiger partial charge >= 0.3 is 5.97 Å². The number of benzene rings is 1. The van der Waals surface area contributed by atoms with E-state index < -0.39 is 17.8 Å². The molecule has 1 aromatic rings. The van der Waals surface area contributed by atoms with Crippen LogP contribution in [0.2, 0.25) is 0 Å². The van der Waals surface area contributed by atoms with Crippen LogP contribution in [0.3, 0.4) is 0 Å². The second-order valence-corrected chi connectivity index (χ2v) is 8.78. The summed E-state index contributed by atoms with van der Waals surface area (Å²) in [6, 6.07) is 4.14. The molecule has 0 saturated carbocycles. The van der Waals surface area contributed by atoms with Crippen molar-refractivity contribution in [3.8, 4) is 0 Å². The number of aryl methyl sites for hydroxylation is 3. The number of hydrogen-bond donors (Lipinski definition) is 0. The molecule has 2 aliphatic heterocycles. The minimum Gasteiger partial charge on any atom is -0.467 e. The standard InChI is InChI=1S/C24H36N2O6/c1-17-14-18(2)20(19(3)15-17)16-21(27)26(32-22-8-6-7-13-31-22)24(23(28)29-4)9-11-25(30-5)12-10-24/h14-15,22H,6-13,16H2,1-5H3. The van der Waals surface area contributed by atoms with Crippen LogP contribution in [0.4, 0.5) is 0 Å². The predicted octanol–water partition coefficient (Wildman–Crippen LogP) is 3.01. The van der Waals surface area contributed by atoms with Crippen molar-refractivity contribution in [3.05, 3.63) is 34.4 Å². The van der Waals surface area contributed by atoms with E-state index in [2.05, 4.69) is 12.1 Å². The van der Waals surface area contributed by atoms with Gasteiger partial charge in [0.25, 0.3) is 5.91 Å². The van der Waals surface area contributed by atoms with E-state index in [-0.39, 0.29) is 12.3 Å². The number of carbonyl (C=O) groups excluding carboxylic acids is 2. The zero-order valence-electron chi connectivity index (χ0n) is 19.9. The number of carbonyl (C=O) groups is 2. The maximum absolute atomic E-state index is 13.7. The quantitative estimate of drug-likeness (QED) is 0.469. The molecule has 0 aliphatic carbocycles. The van der Waals surface area contributed by atoms with E-state index in [1.54, 1.807) is 12.2 Å². The Balaban J connectivity index is 1.94. The summed E-state index contributed by atoms with van der Waals surface area (Å²) in [6.45, 7) is 7.58. The molecule has 8 heteroatoms. The number of hydrogen-bond acceptors (Lipinski definition) is 7. The lowest BCUT2D eigenvalue weighted by Crippen LogP contribution is -2.63. The van der Waals surface area contributed by atoms with E-state index in [4.69, 9.17) is 19.1 Å². The number of esters is 1. The van der Waals surface area contributed by atoms with Crippen LogP contribution in [0.5, 0.6) is 0 Å². The Bertz CT molecular complexity index is 790. The molecule has 0 spiro atoms. The molecule has 0 N–H and O–H groups in total. The van der Waals surface area contributed by atoms with Gasteiger partial charge in [0.15, 0.2) is 11.8 Å². The zero-order valence-corrected chi connectivity index (χ0v) is 19.9. The fraction of sp³-hybridized carbons (Fsp3) is 0.667. The van der Waals surface area contributed by atoms with Gasteiger partial charge in [-0.25, -0.2) is 14.7 Å². The predicted molar refractivity (Wildman–Crippen MR) is 118 cm³/mol. The molecular weight excluding hydrogens is 412 g/mol. The highest BCUT2D eigenvalue weighted by atomic mass is 16.8. The topological polar surface area (TPSA) is 77.5 Å². The summed E-state index contributed by atoms with van der Waals surface area (Å²) in [4.78, 5) is 38.4. The van der Waals surface area contributed by atoms with Crippen LogP contribution in [0.25, 0.3) is 0 Å². The van der Waals surface area contributed by atoms with Crippen molar-refractivity contribution in [1.29, 1.82) is 0 Å². The van der Waals surface area contributed by atoms with Crippen molar-refractivity contribution >= 4 is 11.9 Å². The van der Waals surface area contributed by atoms with Gasteiger partial charge in [-0.05, 0) is 63.1 Å². The zero-order chi connectivity index (χ0) is 23.3. The number of rotatable bonds is 7. The maximum Gasteiger partial charge on any atom is 0.334 e. The highest BCUT2D eigenvalue weighted by molar-refractivity contribution is 5.88. The lowest BCUT2D eigenvalue weighted by atomic mass is 9.86. The van der Waals surface area contributed by atoms with Crippen molar-refractivity contribution in [2.24, 2.45) is 0 Å². The molecule has 1 amide bonds. The van der Waals surface area contributed by atoms with Crippen LogP contribution in [0.15, 0.2) is 12.1 Å². The van der Waals surface area contributed by atoms with Gasteiger partial charge in [-0.2, -0.15) is 5.06 Å². The number of hydroxylamine groups is 4. The maximum atomic E-state index is 13.7. The van der Waals surface area contributed by atoms with Crippen LogP contribution >= 0.6 is 0 Å². The van der Waals surface area contributed by atoms with Gasteiger partial charge in [-0.15, -0.1) is 0 Å². The summed E-state index contributed by atoms with van der Waals surface area (Å²) in [5.41, 5.74) is 2.97. The Kier molecular flexibility index (Phi) is 8.27. The molecule has 2 fully saturated rings. The van der Waals surface area contributed by atoms with Crippen molar-refractivity contribution in [2.45, 2.75) is 71.1 Å². The Labute approximate surface area is 190 Å². The number of ether oxygens (including phenoxy) is 2. The first-order valence-electron chi connectivity index (χ1n) is 11.4. The monoisotopic (exact) mass is 448 g/mol. The lowest BCUT2D eigenvalue weighted by molar-refractivity contribution is -0.315. The van der Waals surface area contributed by atoms with Crippen molar-refractivity contribution in [2.75, 3.05) is 33.9 Å². The Hall–Kier alpha value is -2.00. The van der Waals surface area contributed by atoms with E-state index in [0.29, 0.717) is 39.0 Å². The molecule has 1 atom stereocenters. The van der Waals surface area contributed by atoms with Crippen LogP contribution in [0.1, 0.15) is 54.4 Å². The summed E-state index contributed by atoms with van der Waals surface area (Å²) in [5.74, 6) is -0.750. The molecule has 1 unspecified atom stereocenters. The molecule has 3 rings (SSSR count). The molecule has 178 valence electrons. The number of amides is 1. The van der Waals surface area contributed by atoms with Gasteiger partial charge in [0.05, 0.1) is 20.6 Å². The summed E-state index contributed by atoms with van der Waals surface area (Å²) in [6.07, 6.45) is 2.85. The third-order valence-corrected chi connectivity index (χ3v) is 6.52. The highest BCUT2D eigenvalue weighted by Crippen LogP contribution is 2.34. The number of nitrogens with zero attached hydrogens (tertiary/aromatic N) is 2. The van der Waals surface area contributed by atoms with Crippen LogP contribution < -0.4 is 0 Å². The molecule has 0 bridgehead atoms. The molecule has 1 aromatic carbocycles. The van der Waals surface area contributed by atoms with E-state index >= 15 is 0 Å². The van der Waals surface area contributed by atoms with E-state index in [0.717, 1.165) is 35.1 Å². The van der Waals surface area contributed by atoms with Crippen LogP contribution in [0, 0.1) is 20.8 Å². The third kappa shape index (κ3) is 5.31. The van der Waals surface area contributed by atoms with E-state index in [9.17, 15) is 9.59 Å². The molecule has 32 heavy (non-hydrogen) atoms. The number of methoxy groups -OCH3 is 1. The van der Waals surface area contributed by atoms with Crippen molar-refractivity contribution < 1.29 is 28.7 Å². The summed E-state index contributed by atoms with van der Waals surface area (Å²) in [7, 11) is 2.95. The minimum atomic E-state index is -1.23. The van der Waals surface area contributed by atoms with Crippen molar-refractivity contribution in [1.82, 2.24) is 10.1 Å². The smallest absolute Gasteiger partial charge is 0.334 e. The average Bonchev–Trinajstić information content (AvgIpc) is 2.79. The summed E-state index contributed by atoms with van der Waals surface area (Å²) < 4.78 is 10.9. The van der Waals surface area contributed by atoms with E-state index in [1.165, 1.54) is 12.2 Å². The molecule has 0 aromatic heterocycles. The van der Waals surface area contributed by atoms with Crippen LogP contribution in [-0.2, 0) is 35.2 Å². The summed E-state index contributed by atoms with van der Waals surface area (Å²) >= 11 is 0. The second kappa shape index (κ2) is 10.7. The average molecular weight is 449 g/mol. The molecule has 8 nitrogen and oxygen atoms in total. The van der Waals surface area contributed by atoms with Crippen LogP contribution in [-0.4, -0.2) is 67.7 Å². The second-order valence-electron chi connectivity index (χ2n) is 8.78. The molecular formula is C24H36N2O6. The Morgan fingerprint density at radius 1 is 1.12 bits per heavy atom. The highest BCUT2D eigenvalue weighted by Gasteiger charge is 2.52. The molecule has 2 aliphatic rings. The van der Waals surface area contributed by atoms with Crippen molar-refractivity contribution in [3.63, 3.8) is 0 Å². The lowest BCUT2D eigenvalue weighted by Gasteiger charge is -2.45. The van der Waals surface area contributed by atoms with Gasteiger partial charge in [0, 0.05) is 26.1 Å². The molecule has 2 heterocycles. The Morgan fingerprint density at radius 3 is 2.31 bits per heavy atom. The third-order valence-electron chi connectivity index (χ3n) is 6.52. The Morgan fingerprint density at radius 2 is 1.78 bits per heavy atom. The fourth-order valence-electron chi connectivity index (χ4n) is 4.74. The van der Waals surface area contributed by atoms with Gasteiger partial charge in [-0.1, -0.05) is 17.7 Å². The largest absolute Gasteiger partial charge is 0.467 e. The molecule has 0 radical (unpaired) electrons. The summed E-state index contributed by atoms with van der Waals surface area (Å²) in [5, 5.41) is 3.05. The number of piperidine rings is 1. The van der Waals surface area contributed by atoms with E-state index in [1.807, 2.05) is 20.8 Å². The normalized spacial score (nSPS) is 21.2. The van der Waals surface area contributed by atoms with Gasteiger partial charge < -0.3 is 14.3 Å². The first kappa shape index (κ1) is 24.6. The van der Waals surface area contributed by atoms with Gasteiger partial charge in [0.2, 0.25) is 0 Å². The first-order valence-corrected chi connectivity index (χ1v) is 11.4. The van der Waals surface area contributed by atoms with Gasteiger partial charge in [-0.3, -0.25) is 4.79 Å². The molecule has 2 saturated heterocycles. The van der Waals surface area contributed by atoms with Gasteiger partial charge in [0.1, 0.15) is 0 Å².